The van der Waals surface area contributed by atoms with Gasteiger partial charge in [0.1, 0.15) is 0 Å². The van der Waals surface area contributed by atoms with E-state index in [2.05, 4.69) is 31.4 Å². The van der Waals surface area contributed by atoms with Crippen molar-refractivity contribution < 1.29 is 14.4 Å². The smallest absolute Gasteiger partial charge is 0.230 e. The molecule has 0 rings (SSSR count). The molecule has 0 bridgehead atoms. The number of carbonyl (C=O) groups excluding carboxylic acids is 3. The van der Waals surface area contributed by atoms with Gasteiger partial charge in [-0.05, 0) is 36.5 Å². The molecule has 2 amide bonds. The minimum Gasteiger partial charge on any atom is -0.353 e. The van der Waals surface area contributed by atoms with Crippen molar-refractivity contribution in [3.63, 3.8) is 0 Å². The molecule has 0 aliphatic rings. The standard InChI is InChI=1S/C51H100N2O3S4/c1-4-7-10-13-16-19-22-25-28-31-34-37-40-57-45-49(54)52-43-48(53-50(55)46-58-41-38-35-32-29-26-23-20-17-14-11-8-5-2)44-60-51(56)47-59-42-39-36-33-30-27-24-21-18-15-12-9-6-3/h48H,4-47H2,1-3H3,(H,52,54)(H,53,55). The van der Waals surface area contributed by atoms with Gasteiger partial charge in [0.2, 0.25) is 11.8 Å². The van der Waals surface area contributed by atoms with Crippen LogP contribution in [0, 0.1) is 0 Å². The quantitative estimate of drug-likeness (QED) is 0.0589. The average Bonchev–Trinajstić information content (AvgIpc) is 3.24. The molecule has 0 aromatic heterocycles. The second-order valence-corrected chi connectivity index (χ2v) is 22.0. The monoisotopic (exact) mass is 917 g/mol. The third-order valence-electron chi connectivity index (χ3n) is 11.5. The molecule has 60 heavy (non-hydrogen) atoms. The predicted molar refractivity (Wildman–Crippen MR) is 278 cm³/mol. The first-order valence-electron chi connectivity index (χ1n) is 26.0. The Hall–Kier alpha value is 0.01000. The fourth-order valence-corrected chi connectivity index (χ4v) is 11.1. The van der Waals surface area contributed by atoms with E-state index in [0.29, 0.717) is 29.6 Å². The summed E-state index contributed by atoms with van der Waals surface area (Å²) in [5, 5.41) is 6.39. The maximum atomic E-state index is 13.0. The summed E-state index contributed by atoms with van der Waals surface area (Å²) < 4.78 is 0. The average molecular weight is 918 g/mol. The van der Waals surface area contributed by atoms with E-state index in [1.165, 1.54) is 236 Å². The van der Waals surface area contributed by atoms with Gasteiger partial charge in [-0.15, -0.1) is 0 Å². The van der Waals surface area contributed by atoms with Crippen LogP contribution in [-0.4, -0.2) is 69.8 Å². The van der Waals surface area contributed by atoms with Crippen LogP contribution in [0.1, 0.15) is 252 Å². The van der Waals surface area contributed by atoms with E-state index < -0.39 is 0 Å². The van der Waals surface area contributed by atoms with E-state index in [9.17, 15) is 14.4 Å². The number of rotatable bonds is 50. The number of thioether (sulfide) groups is 4. The zero-order valence-corrected chi connectivity index (χ0v) is 43.3. The molecule has 0 fully saturated rings. The minimum absolute atomic E-state index is 0.00827. The second kappa shape index (κ2) is 51.6. The molecule has 1 atom stereocenters. The van der Waals surface area contributed by atoms with Gasteiger partial charge < -0.3 is 10.6 Å². The molecule has 1 unspecified atom stereocenters. The van der Waals surface area contributed by atoms with Crippen LogP contribution in [0.5, 0.6) is 0 Å². The molecule has 0 heterocycles. The lowest BCUT2D eigenvalue weighted by atomic mass is 10.1. The topological polar surface area (TPSA) is 75.3 Å². The first kappa shape index (κ1) is 60.0. The molecule has 0 radical (unpaired) electrons. The van der Waals surface area contributed by atoms with E-state index in [-0.39, 0.29) is 23.0 Å². The third-order valence-corrected chi connectivity index (χ3v) is 15.8. The van der Waals surface area contributed by atoms with Crippen LogP contribution in [0.4, 0.5) is 0 Å². The molecule has 0 aliphatic heterocycles. The summed E-state index contributed by atoms with van der Waals surface area (Å²) in [6, 6.07) is -0.245. The van der Waals surface area contributed by atoms with E-state index in [1.54, 1.807) is 35.3 Å². The normalized spacial score (nSPS) is 11.9. The first-order chi connectivity index (χ1) is 29.5. The lowest BCUT2D eigenvalue weighted by Crippen LogP contribution is -2.46. The summed E-state index contributed by atoms with van der Waals surface area (Å²) in [7, 11) is 0. The van der Waals surface area contributed by atoms with E-state index in [4.69, 9.17) is 0 Å². The van der Waals surface area contributed by atoms with Gasteiger partial charge in [0.15, 0.2) is 5.12 Å². The third kappa shape index (κ3) is 49.0. The van der Waals surface area contributed by atoms with Crippen molar-refractivity contribution in [1.29, 1.82) is 0 Å². The first-order valence-corrected chi connectivity index (χ1v) is 30.4. The molecule has 0 saturated heterocycles. The number of unbranched alkanes of at least 4 members (excludes halogenated alkanes) is 33. The van der Waals surface area contributed by atoms with Crippen LogP contribution >= 0.6 is 47.0 Å². The highest BCUT2D eigenvalue weighted by Crippen LogP contribution is 2.18. The van der Waals surface area contributed by atoms with Crippen molar-refractivity contribution >= 4 is 64.0 Å². The highest BCUT2D eigenvalue weighted by Gasteiger charge is 2.16. The summed E-state index contributed by atoms with van der Waals surface area (Å²) in [6.45, 7) is 7.21. The molecule has 0 aromatic carbocycles. The van der Waals surface area contributed by atoms with Crippen LogP contribution in [0.2, 0.25) is 0 Å². The fourth-order valence-electron chi connectivity index (χ4n) is 7.56. The molecule has 0 saturated carbocycles. The number of amides is 2. The molecule has 5 nitrogen and oxygen atoms in total. The minimum atomic E-state index is -0.245. The van der Waals surface area contributed by atoms with Crippen LogP contribution in [0.3, 0.4) is 0 Å². The van der Waals surface area contributed by atoms with Gasteiger partial charge in [-0.1, -0.05) is 244 Å². The van der Waals surface area contributed by atoms with Crippen LogP contribution < -0.4 is 10.6 Å². The Bertz CT molecular complexity index is 864. The highest BCUT2D eigenvalue weighted by molar-refractivity contribution is 8.15. The SMILES string of the molecule is CCCCCCCCCCCCCCSCC(=O)NCC(CSC(=O)CSCCCCCCCCCCCCCC)NC(=O)CSCCCCCCCCCCCCCC. The summed E-state index contributed by atoms with van der Waals surface area (Å²) in [6.07, 6.45) is 48.4. The number of hydrogen-bond acceptors (Lipinski definition) is 7. The maximum Gasteiger partial charge on any atom is 0.230 e. The van der Waals surface area contributed by atoms with Gasteiger partial charge in [0, 0.05) is 12.3 Å². The number of hydrogen-bond donors (Lipinski definition) is 2. The van der Waals surface area contributed by atoms with Gasteiger partial charge in [0.25, 0.3) is 0 Å². The van der Waals surface area contributed by atoms with Crippen LogP contribution in [0.15, 0.2) is 0 Å². The van der Waals surface area contributed by atoms with E-state index >= 15 is 0 Å². The molecule has 356 valence electrons. The van der Waals surface area contributed by atoms with Crippen molar-refractivity contribution in [1.82, 2.24) is 10.6 Å². The van der Waals surface area contributed by atoms with Crippen molar-refractivity contribution in [3.8, 4) is 0 Å². The van der Waals surface area contributed by atoms with Gasteiger partial charge >= 0.3 is 0 Å². The fraction of sp³-hybridized carbons (Fsp3) is 0.941. The Kier molecular flexibility index (Phi) is 51.7. The van der Waals surface area contributed by atoms with Crippen LogP contribution in [-0.2, 0) is 14.4 Å². The molecule has 2 N–H and O–H groups in total. The van der Waals surface area contributed by atoms with E-state index in [0.717, 1.165) is 23.7 Å². The van der Waals surface area contributed by atoms with Gasteiger partial charge in [-0.3, -0.25) is 14.4 Å². The van der Waals surface area contributed by atoms with Crippen molar-refractivity contribution in [2.45, 2.75) is 258 Å². The zero-order valence-electron chi connectivity index (χ0n) is 40.0. The highest BCUT2D eigenvalue weighted by atomic mass is 32.2. The van der Waals surface area contributed by atoms with Gasteiger partial charge in [0.05, 0.1) is 23.3 Å². The second-order valence-electron chi connectivity index (χ2n) is 17.6. The Labute approximate surface area is 391 Å². The predicted octanol–water partition coefficient (Wildman–Crippen LogP) is 16.2. The summed E-state index contributed by atoms with van der Waals surface area (Å²) >= 11 is 6.47. The maximum absolute atomic E-state index is 13.0. The number of carbonyl (C=O) groups is 3. The summed E-state index contributed by atoms with van der Waals surface area (Å²) in [4.78, 5) is 38.5. The van der Waals surface area contributed by atoms with Crippen LogP contribution in [0.25, 0.3) is 0 Å². The summed E-state index contributed by atoms with van der Waals surface area (Å²) in [5.74, 6) is 4.99. The molecular formula is C51H100N2O3S4. The molecule has 0 aromatic rings. The Balaban J connectivity index is 4.30. The van der Waals surface area contributed by atoms with Gasteiger partial charge in [-0.25, -0.2) is 0 Å². The Morgan fingerprint density at radius 3 is 0.983 bits per heavy atom. The molecule has 9 heteroatoms. The lowest BCUT2D eigenvalue weighted by Gasteiger charge is -2.19. The van der Waals surface area contributed by atoms with E-state index in [1.807, 2.05) is 0 Å². The van der Waals surface area contributed by atoms with Crippen molar-refractivity contribution in [2.24, 2.45) is 0 Å². The van der Waals surface area contributed by atoms with Crippen molar-refractivity contribution in [2.75, 3.05) is 46.8 Å². The molecule has 0 aliphatic carbocycles. The van der Waals surface area contributed by atoms with Gasteiger partial charge in [-0.2, -0.15) is 35.3 Å². The summed E-state index contributed by atoms with van der Waals surface area (Å²) in [5.41, 5.74) is 0. The van der Waals surface area contributed by atoms with Crippen molar-refractivity contribution in [3.05, 3.63) is 0 Å². The zero-order chi connectivity index (χ0) is 43.7. The Morgan fingerprint density at radius 2 is 0.650 bits per heavy atom. The lowest BCUT2D eigenvalue weighted by molar-refractivity contribution is -0.121. The Morgan fingerprint density at radius 1 is 0.367 bits per heavy atom. The molecule has 0 spiro atoms. The largest absolute Gasteiger partial charge is 0.353 e. The molecular weight excluding hydrogens is 817 g/mol. The number of nitrogens with one attached hydrogen (secondary N) is 2.